The van der Waals surface area contributed by atoms with Gasteiger partial charge in [-0.2, -0.15) is 0 Å². The largest absolute Gasteiger partial charge is 0.480 e. The Bertz CT molecular complexity index is 368. The van der Waals surface area contributed by atoms with E-state index in [4.69, 9.17) is 31.4 Å². The van der Waals surface area contributed by atoms with Crippen molar-refractivity contribution in [1.29, 1.82) is 0 Å². The number of esters is 3. The molecule has 0 aliphatic carbocycles. The Kier molecular flexibility index (Phi) is 6.25. The summed E-state index contributed by atoms with van der Waals surface area (Å²) in [5, 5.41) is -4.17. The number of carbonyl (C=O) groups excluding carboxylic acids is 3. The molecule has 19 heavy (non-hydrogen) atoms. The minimum Gasteiger partial charge on any atom is -0.480 e. The predicted octanol–water partition coefficient (Wildman–Crippen LogP) is -1.90. The lowest BCUT2D eigenvalue weighted by Gasteiger charge is -2.34. The predicted molar refractivity (Wildman–Crippen MR) is 67.8 cm³/mol. The number of hydrogen-bond acceptors (Lipinski definition) is 6. The molecule has 0 atom stereocenters. The van der Waals surface area contributed by atoms with Gasteiger partial charge in [-0.15, -0.1) is 0 Å². The van der Waals surface area contributed by atoms with E-state index in [1.54, 1.807) is 0 Å². The molecule has 10 heteroatoms. The average Bonchev–Trinajstić information content (AvgIpc) is 2.21. The lowest BCUT2D eigenvalue weighted by Crippen LogP contribution is -2.43. The molecule has 0 N–H and O–H groups in total. The number of ether oxygens (including phenoxy) is 3. The van der Waals surface area contributed by atoms with E-state index < -0.39 is 41.5 Å². The van der Waals surface area contributed by atoms with Crippen LogP contribution in [-0.4, -0.2) is 68.4 Å². The maximum absolute atomic E-state index is 11.5. The molecule has 0 saturated carbocycles. The Morgan fingerprint density at radius 1 is 1.11 bits per heavy atom. The number of methoxy groups -OCH3 is 1. The molecular formula is C9H10B4O6. The zero-order valence-electron chi connectivity index (χ0n) is 10.7. The summed E-state index contributed by atoms with van der Waals surface area (Å²) < 4.78 is 13.3. The normalized spacial score (nSPS) is 11.5. The summed E-state index contributed by atoms with van der Waals surface area (Å²) >= 11 is 0. The molecule has 0 spiro atoms. The van der Waals surface area contributed by atoms with Crippen LogP contribution in [-0.2, 0) is 28.6 Å². The lowest BCUT2D eigenvalue weighted by atomic mass is 9.45. The second-order valence-corrected chi connectivity index (χ2v) is 3.92. The van der Waals surface area contributed by atoms with Crippen LogP contribution < -0.4 is 0 Å². The SMILES string of the molecule is [B]C([B])(CC([B])([B])C(=O)OCC(=O)OC)OC(C)=O. The molecule has 8 radical (unpaired) electrons. The van der Waals surface area contributed by atoms with Crippen molar-refractivity contribution in [1.82, 2.24) is 0 Å². The van der Waals surface area contributed by atoms with Gasteiger partial charge in [-0.05, 0) is 11.6 Å². The maximum Gasteiger partial charge on any atom is 0.344 e. The summed E-state index contributed by atoms with van der Waals surface area (Å²) in [7, 11) is 22.8. The van der Waals surface area contributed by atoms with E-state index in [0.29, 0.717) is 0 Å². The Hall–Kier alpha value is -1.33. The van der Waals surface area contributed by atoms with Crippen LogP contribution in [0.3, 0.4) is 0 Å². The van der Waals surface area contributed by atoms with Crippen LogP contribution >= 0.6 is 0 Å². The molecule has 0 amide bonds. The third-order valence-corrected chi connectivity index (χ3v) is 1.83. The zero-order chi connectivity index (χ0) is 15.3. The van der Waals surface area contributed by atoms with Crippen molar-refractivity contribution >= 4 is 49.3 Å². The van der Waals surface area contributed by atoms with Gasteiger partial charge in [-0.25, -0.2) is 4.79 Å². The minimum absolute atomic E-state index is 0.612. The number of rotatable bonds is 6. The first-order chi connectivity index (χ1) is 8.50. The van der Waals surface area contributed by atoms with Crippen LogP contribution in [0, 0.1) is 0 Å². The van der Waals surface area contributed by atoms with Gasteiger partial charge in [0.25, 0.3) is 5.97 Å². The number of carbonyl (C=O) groups is 3. The average molecular weight is 257 g/mol. The van der Waals surface area contributed by atoms with E-state index in [2.05, 4.69) is 14.2 Å². The van der Waals surface area contributed by atoms with Crippen LogP contribution in [0.2, 0.25) is 5.21 Å². The smallest absolute Gasteiger partial charge is 0.344 e. The summed E-state index contributed by atoms with van der Waals surface area (Å²) in [5.74, 6) is -2.72. The Morgan fingerprint density at radius 2 is 1.63 bits per heavy atom. The molecule has 6 nitrogen and oxygen atoms in total. The van der Waals surface area contributed by atoms with Crippen molar-refractivity contribution in [3.8, 4) is 0 Å². The topological polar surface area (TPSA) is 78.9 Å². The van der Waals surface area contributed by atoms with Gasteiger partial charge in [0.15, 0.2) is 6.61 Å². The quantitative estimate of drug-likeness (QED) is 0.314. The minimum atomic E-state index is -2.13. The van der Waals surface area contributed by atoms with Gasteiger partial charge >= 0.3 is 11.9 Å². The van der Waals surface area contributed by atoms with Crippen LogP contribution in [0.25, 0.3) is 0 Å². The highest BCUT2D eigenvalue weighted by Crippen LogP contribution is 2.29. The second-order valence-electron chi connectivity index (χ2n) is 3.92. The summed E-state index contributed by atoms with van der Waals surface area (Å²) in [6.45, 7) is 0.403. The maximum atomic E-state index is 11.5. The van der Waals surface area contributed by atoms with E-state index in [0.717, 1.165) is 14.0 Å². The van der Waals surface area contributed by atoms with E-state index in [1.807, 2.05) is 0 Å². The molecule has 0 heterocycles. The highest BCUT2D eigenvalue weighted by Gasteiger charge is 2.36. The van der Waals surface area contributed by atoms with E-state index in [1.165, 1.54) is 0 Å². The first-order valence-corrected chi connectivity index (χ1v) is 5.09. The monoisotopic (exact) mass is 258 g/mol. The molecule has 0 aromatic rings. The Labute approximate surface area is 116 Å². The fourth-order valence-corrected chi connectivity index (χ4v) is 1.15. The molecule has 0 aliphatic heterocycles. The van der Waals surface area contributed by atoms with E-state index >= 15 is 0 Å². The first kappa shape index (κ1) is 17.7. The zero-order valence-corrected chi connectivity index (χ0v) is 10.7. The summed E-state index contributed by atoms with van der Waals surface area (Å²) in [6.07, 6.45) is -0.612. The van der Waals surface area contributed by atoms with Crippen molar-refractivity contribution in [3.63, 3.8) is 0 Å². The molecular weight excluding hydrogens is 247 g/mol. The van der Waals surface area contributed by atoms with Crippen molar-refractivity contribution in [2.24, 2.45) is 0 Å². The van der Waals surface area contributed by atoms with Crippen LogP contribution in [0.15, 0.2) is 0 Å². The number of hydrogen-bond donors (Lipinski definition) is 0. The molecule has 0 bridgehead atoms. The van der Waals surface area contributed by atoms with Gasteiger partial charge < -0.3 is 14.2 Å². The van der Waals surface area contributed by atoms with Crippen molar-refractivity contribution in [3.05, 3.63) is 0 Å². The first-order valence-electron chi connectivity index (χ1n) is 5.09. The standard InChI is InChI=1S/C9H10B4O6/c1-5(14)19-9(12,13)4-8(10,11)7(16)18-3-6(15)17-2/h3-4H2,1-2H3. The van der Waals surface area contributed by atoms with Gasteiger partial charge in [-0.3, -0.25) is 9.59 Å². The van der Waals surface area contributed by atoms with Crippen molar-refractivity contribution < 1.29 is 28.6 Å². The molecule has 0 rings (SSSR count). The fraction of sp³-hybridized carbons (Fsp3) is 0.667. The van der Waals surface area contributed by atoms with Gasteiger partial charge in [-0.1, -0.05) is 0 Å². The molecule has 0 saturated heterocycles. The van der Waals surface area contributed by atoms with E-state index in [-0.39, 0.29) is 0 Å². The van der Waals surface area contributed by atoms with Crippen molar-refractivity contribution in [2.45, 2.75) is 24.0 Å². The molecule has 0 unspecified atom stereocenters. The lowest BCUT2D eigenvalue weighted by molar-refractivity contribution is -0.158. The Balaban J connectivity index is 4.56. The van der Waals surface area contributed by atoms with Gasteiger partial charge in [0, 0.05) is 12.3 Å². The van der Waals surface area contributed by atoms with Crippen LogP contribution in [0.4, 0.5) is 0 Å². The van der Waals surface area contributed by atoms with Gasteiger partial charge in [0.1, 0.15) is 15.7 Å². The fourth-order valence-electron chi connectivity index (χ4n) is 1.15. The summed E-state index contributed by atoms with van der Waals surface area (Å²) in [5.41, 5.74) is 0. The van der Waals surface area contributed by atoms with Crippen LogP contribution in [0.1, 0.15) is 13.3 Å². The molecule has 0 aromatic heterocycles. The van der Waals surface area contributed by atoms with E-state index in [9.17, 15) is 14.4 Å². The third kappa shape index (κ3) is 6.98. The van der Waals surface area contributed by atoms with Crippen LogP contribution in [0.5, 0.6) is 0 Å². The highest BCUT2D eigenvalue weighted by atomic mass is 16.6. The summed E-state index contributed by atoms with van der Waals surface area (Å²) in [6, 6.07) is 0. The van der Waals surface area contributed by atoms with Gasteiger partial charge in [0.2, 0.25) is 0 Å². The summed E-state index contributed by atoms with van der Waals surface area (Å²) in [4.78, 5) is 33.0. The molecule has 0 aliphatic rings. The molecule has 94 valence electrons. The van der Waals surface area contributed by atoms with Gasteiger partial charge in [0.05, 0.1) is 22.8 Å². The molecule has 0 fully saturated rings. The Morgan fingerprint density at radius 3 is 2.05 bits per heavy atom. The van der Waals surface area contributed by atoms with Crippen molar-refractivity contribution in [2.75, 3.05) is 13.7 Å². The highest BCUT2D eigenvalue weighted by molar-refractivity contribution is 6.51. The second kappa shape index (κ2) is 6.73. The molecule has 0 aromatic carbocycles. The third-order valence-electron chi connectivity index (χ3n) is 1.83.